The van der Waals surface area contributed by atoms with Crippen molar-refractivity contribution in [2.75, 3.05) is 27.2 Å². The fraction of sp³-hybridized carbons (Fsp3) is 0.429. The number of benzene rings is 1. The van der Waals surface area contributed by atoms with Crippen LogP contribution >= 0.6 is 0 Å². The first-order valence-electron chi connectivity index (χ1n) is 10.1. The Balaban J connectivity index is 1.30. The first-order chi connectivity index (χ1) is 14.6. The zero-order valence-electron chi connectivity index (χ0n) is 17.3. The molecular formula is C21H26N6O3. The maximum atomic E-state index is 12.7. The first kappa shape index (κ1) is 20.1. The molecule has 1 aliphatic heterocycles. The summed E-state index contributed by atoms with van der Waals surface area (Å²) in [5.74, 6) is 1.05. The van der Waals surface area contributed by atoms with Crippen molar-refractivity contribution in [2.45, 2.75) is 31.9 Å². The van der Waals surface area contributed by atoms with Gasteiger partial charge in [0.1, 0.15) is 25.0 Å². The number of nitrogens with zero attached hydrogens (tertiary/aromatic N) is 6. The van der Waals surface area contributed by atoms with Gasteiger partial charge in [0.05, 0.1) is 5.69 Å². The molecule has 2 aromatic heterocycles. The van der Waals surface area contributed by atoms with Gasteiger partial charge in [-0.3, -0.25) is 4.79 Å². The number of likely N-dealkylation sites (tertiary alicyclic amines) is 1. The van der Waals surface area contributed by atoms with Gasteiger partial charge < -0.3 is 19.1 Å². The van der Waals surface area contributed by atoms with Crippen molar-refractivity contribution >= 4 is 5.91 Å². The van der Waals surface area contributed by atoms with Gasteiger partial charge in [0.15, 0.2) is 11.5 Å². The Morgan fingerprint density at radius 3 is 2.87 bits per heavy atom. The van der Waals surface area contributed by atoms with Crippen LogP contribution in [0.4, 0.5) is 0 Å². The summed E-state index contributed by atoms with van der Waals surface area (Å²) in [6.07, 6.45) is 6.66. The summed E-state index contributed by atoms with van der Waals surface area (Å²) in [6.45, 7) is 1.96. The summed E-state index contributed by atoms with van der Waals surface area (Å²) in [5.41, 5.74) is 1.19. The molecule has 3 heterocycles. The minimum atomic E-state index is -0.138. The number of amides is 1. The first-order valence-corrected chi connectivity index (χ1v) is 10.1. The molecule has 4 rings (SSSR count). The summed E-state index contributed by atoms with van der Waals surface area (Å²) in [5, 5.41) is 8.02. The van der Waals surface area contributed by atoms with Crippen LogP contribution < -0.4 is 4.74 Å². The fourth-order valence-corrected chi connectivity index (χ4v) is 3.64. The highest BCUT2D eigenvalue weighted by molar-refractivity contribution is 5.92. The monoisotopic (exact) mass is 410 g/mol. The molecule has 1 fully saturated rings. The highest BCUT2D eigenvalue weighted by Crippen LogP contribution is 2.18. The number of piperidine rings is 1. The Labute approximate surface area is 175 Å². The lowest BCUT2D eigenvalue weighted by Gasteiger charge is -2.34. The Kier molecular flexibility index (Phi) is 6.08. The van der Waals surface area contributed by atoms with Crippen LogP contribution in [-0.2, 0) is 6.61 Å². The van der Waals surface area contributed by atoms with Gasteiger partial charge in [0.25, 0.3) is 5.91 Å². The molecule has 1 unspecified atom stereocenters. The van der Waals surface area contributed by atoms with Gasteiger partial charge in [-0.2, -0.15) is 5.10 Å². The number of likely N-dealkylation sites (N-methyl/N-ethyl adjacent to an activating group) is 2. The second-order valence-corrected chi connectivity index (χ2v) is 7.62. The van der Waals surface area contributed by atoms with Crippen molar-refractivity contribution in [3.63, 3.8) is 0 Å². The fourth-order valence-electron chi connectivity index (χ4n) is 3.64. The highest BCUT2D eigenvalue weighted by Gasteiger charge is 2.24. The van der Waals surface area contributed by atoms with E-state index < -0.39 is 0 Å². The minimum Gasteiger partial charge on any atom is -0.486 e. The van der Waals surface area contributed by atoms with Crippen molar-refractivity contribution in [2.24, 2.45) is 0 Å². The molecule has 1 aromatic carbocycles. The van der Waals surface area contributed by atoms with Crippen LogP contribution in [0.2, 0.25) is 0 Å². The molecule has 0 radical (unpaired) electrons. The number of ether oxygens (including phenoxy) is 1. The van der Waals surface area contributed by atoms with Crippen LogP contribution in [0.5, 0.6) is 5.75 Å². The largest absolute Gasteiger partial charge is 0.486 e. The molecule has 0 saturated carbocycles. The molecule has 1 saturated heterocycles. The van der Waals surface area contributed by atoms with E-state index in [-0.39, 0.29) is 12.5 Å². The summed E-state index contributed by atoms with van der Waals surface area (Å²) < 4.78 is 12.7. The number of carbonyl (C=O) groups is 1. The number of hydrogen-bond donors (Lipinski definition) is 0. The van der Waals surface area contributed by atoms with E-state index in [2.05, 4.69) is 27.2 Å². The molecule has 9 heteroatoms. The van der Waals surface area contributed by atoms with Crippen molar-refractivity contribution in [1.29, 1.82) is 0 Å². The number of aromatic nitrogens is 4. The van der Waals surface area contributed by atoms with Crippen LogP contribution in [0.3, 0.4) is 0 Å². The standard InChI is InChI=1S/C21H26N6O3/c1-25-10-4-3-5-17(25)12-26(2)21(28)20-11-19(30-24-20)13-29-18-8-6-16(7-9-18)27-15-22-14-23-27/h6-9,11,14-15,17H,3-5,10,12-13H2,1-2H3. The Hall–Kier alpha value is -3.20. The minimum absolute atomic E-state index is 0.138. The third-order valence-corrected chi connectivity index (χ3v) is 5.43. The van der Waals surface area contributed by atoms with Crippen LogP contribution in [0.15, 0.2) is 47.5 Å². The molecule has 1 aliphatic rings. The Morgan fingerprint density at radius 1 is 1.30 bits per heavy atom. The number of carbonyl (C=O) groups excluding carboxylic acids is 1. The van der Waals surface area contributed by atoms with Crippen molar-refractivity contribution in [3.8, 4) is 11.4 Å². The Morgan fingerprint density at radius 2 is 2.13 bits per heavy atom. The smallest absolute Gasteiger partial charge is 0.275 e. The van der Waals surface area contributed by atoms with Crippen LogP contribution in [0.1, 0.15) is 35.5 Å². The topological polar surface area (TPSA) is 89.5 Å². The Bertz CT molecular complexity index is 954. The summed E-state index contributed by atoms with van der Waals surface area (Å²) in [6, 6.07) is 9.49. The summed E-state index contributed by atoms with van der Waals surface area (Å²) >= 11 is 0. The lowest BCUT2D eigenvalue weighted by Crippen LogP contribution is -2.45. The zero-order chi connectivity index (χ0) is 20.9. The van der Waals surface area contributed by atoms with Gasteiger partial charge in [0, 0.05) is 25.7 Å². The third kappa shape index (κ3) is 4.68. The molecule has 158 valence electrons. The molecule has 3 aromatic rings. The molecule has 0 N–H and O–H groups in total. The molecule has 1 amide bonds. The maximum absolute atomic E-state index is 12.7. The van der Waals surface area contributed by atoms with Gasteiger partial charge in [0.2, 0.25) is 0 Å². The zero-order valence-corrected chi connectivity index (χ0v) is 17.3. The summed E-state index contributed by atoms with van der Waals surface area (Å²) in [7, 11) is 3.93. The van der Waals surface area contributed by atoms with Crippen molar-refractivity contribution in [1.82, 2.24) is 29.7 Å². The van der Waals surface area contributed by atoms with E-state index >= 15 is 0 Å². The molecule has 0 aliphatic carbocycles. The number of rotatable bonds is 7. The van der Waals surface area contributed by atoms with Gasteiger partial charge in [-0.1, -0.05) is 11.6 Å². The predicted molar refractivity (Wildman–Crippen MR) is 109 cm³/mol. The SMILES string of the molecule is CN(CC1CCCCN1C)C(=O)c1cc(COc2ccc(-n3cncn3)cc2)on1. The predicted octanol–water partition coefficient (Wildman–Crippen LogP) is 2.39. The number of hydrogen-bond acceptors (Lipinski definition) is 7. The molecule has 1 atom stereocenters. The lowest BCUT2D eigenvalue weighted by atomic mass is 10.0. The van der Waals surface area contributed by atoms with E-state index in [1.807, 2.05) is 31.3 Å². The summed E-state index contributed by atoms with van der Waals surface area (Å²) in [4.78, 5) is 20.7. The van der Waals surface area contributed by atoms with Gasteiger partial charge >= 0.3 is 0 Å². The van der Waals surface area contributed by atoms with Crippen LogP contribution in [0, 0.1) is 0 Å². The van der Waals surface area contributed by atoms with Gasteiger partial charge in [-0.25, -0.2) is 9.67 Å². The van der Waals surface area contributed by atoms with E-state index in [1.54, 1.807) is 22.0 Å². The van der Waals surface area contributed by atoms with E-state index in [1.165, 1.54) is 19.2 Å². The lowest BCUT2D eigenvalue weighted by molar-refractivity contribution is 0.0707. The average molecular weight is 410 g/mol. The van der Waals surface area contributed by atoms with E-state index in [0.29, 0.717) is 29.8 Å². The quantitative estimate of drug-likeness (QED) is 0.591. The molecule has 0 bridgehead atoms. The van der Waals surface area contributed by atoms with E-state index in [4.69, 9.17) is 9.26 Å². The maximum Gasteiger partial charge on any atom is 0.275 e. The molecule has 0 spiro atoms. The normalized spacial score (nSPS) is 17.1. The van der Waals surface area contributed by atoms with Crippen LogP contribution in [-0.4, -0.2) is 68.9 Å². The van der Waals surface area contributed by atoms with Crippen LogP contribution in [0.25, 0.3) is 5.69 Å². The second kappa shape index (κ2) is 9.08. The van der Waals surface area contributed by atoms with E-state index in [9.17, 15) is 4.79 Å². The molecule has 30 heavy (non-hydrogen) atoms. The molecule has 9 nitrogen and oxygen atoms in total. The second-order valence-electron chi connectivity index (χ2n) is 7.62. The third-order valence-electron chi connectivity index (χ3n) is 5.43. The van der Waals surface area contributed by atoms with E-state index in [0.717, 1.165) is 18.7 Å². The van der Waals surface area contributed by atoms with Crippen molar-refractivity contribution in [3.05, 3.63) is 54.4 Å². The van der Waals surface area contributed by atoms with Gasteiger partial charge in [-0.05, 0) is 50.7 Å². The van der Waals surface area contributed by atoms with Gasteiger partial charge in [-0.15, -0.1) is 0 Å². The molecular weight excluding hydrogens is 384 g/mol. The van der Waals surface area contributed by atoms with Crippen molar-refractivity contribution < 1.29 is 14.1 Å². The highest BCUT2D eigenvalue weighted by atomic mass is 16.5. The average Bonchev–Trinajstić information content (AvgIpc) is 3.46.